The van der Waals surface area contributed by atoms with E-state index in [1.807, 2.05) is 6.07 Å². The summed E-state index contributed by atoms with van der Waals surface area (Å²) >= 11 is 0. The molecule has 0 aliphatic rings. The highest BCUT2D eigenvalue weighted by Crippen LogP contribution is 2.31. The highest BCUT2D eigenvalue weighted by Gasteiger charge is 2.17. The zero-order valence-electron chi connectivity index (χ0n) is 11.7. The molecular weight excluding hydrogens is 226 g/mol. The molecule has 1 rings (SSSR count). The van der Waals surface area contributed by atoms with Gasteiger partial charge in [0.25, 0.3) is 5.69 Å². The summed E-state index contributed by atoms with van der Waals surface area (Å²) in [6, 6.07) is 7.08. The van der Waals surface area contributed by atoms with Crippen LogP contribution in [-0.4, -0.2) is 4.92 Å². The van der Waals surface area contributed by atoms with Gasteiger partial charge in [0.15, 0.2) is 0 Å². The van der Waals surface area contributed by atoms with E-state index in [1.54, 1.807) is 18.2 Å². The second kappa shape index (κ2) is 6.53. The molecule has 0 heterocycles. The number of hydrogen-bond acceptors (Lipinski definition) is 2. The average molecular weight is 249 g/mol. The summed E-state index contributed by atoms with van der Waals surface area (Å²) in [6.07, 6.45) is 2.12. The predicted molar refractivity (Wildman–Crippen MR) is 74.7 cm³/mol. The van der Waals surface area contributed by atoms with Crippen LogP contribution in [0.2, 0.25) is 0 Å². The van der Waals surface area contributed by atoms with Gasteiger partial charge in [-0.1, -0.05) is 39.8 Å². The molecule has 0 radical (unpaired) electrons. The first-order valence-corrected chi connectivity index (χ1v) is 6.70. The lowest BCUT2D eigenvalue weighted by atomic mass is 9.83. The number of nitro benzene ring substituents is 1. The number of nitrogens with zero attached hydrogens (tertiary/aromatic N) is 1. The van der Waals surface area contributed by atoms with Crippen molar-refractivity contribution in [3.63, 3.8) is 0 Å². The van der Waals surface area contributed by atoms with E-state index in [2.05, 4.69) is 27.7 Å². The zero-order valence-corrected chi connectivity index (χ0v) is 11.7. The second-order valence-corrected chi connectivity index (χ2v) is 5.41. The fraction of sp³-hybridized carbons (Fsp3) is 0.600. The molecule has 0 aromatic heterocycles. The summed E-state index contributed by atoms with van der Waals surface area (Å²) in [5, 5.41) is 10.8. The third kappa shape index (κ3) is 3.83. The van der Waals surface area contributed by atoms with Crippen molar-refractivity contribution in [1.82, 2.24) is 0 Å². The largest absolute Gasteiger partial charge is 0.269 e. The molecule has 0 saturated carbocycles. The molecule has 0 fully saturated rings. The van der Waals surface area contributed by atoms with E-state index in [-0.39, 0.29) is 10.6 Å². The maximum Gasteiger partial charge on any atom is 0.269 e. The van der Waals surface area contributed by atoms with Crippen LogP contribution in [0, 0.1) is 22.0 Å². The summed E-state index contributed by atoms with van der Waals surface area (Å²) in [6.45, 7) is 8.86. The van der Waals surface area contributed by atoms with Gasteiger partial charge in [-0.05, 0) is 36.2 Å². The molecule has 0 bridgehead atoms. The van der Waals surface area contributed by atoms with Crippen LogP contribution in [0.5, 0.6) is 0 Å². The third-order valence-corrected chi connectivity index (χ3v) is 3.84. The quantitative estimate of drug-likeness (QED) is 0.538. The van der Waals surface area contributed by atoms with Crippen LogP contribution in [0.1, 0.15) is 52.0 Å². The van der Waals surface area contributed by atoms with Crippen molar-refractivity contribution in [3.05, 3.63) is 39.9 Å². The van der Waals surface area contributed by atoms with E-state index in [1.165, 1.54) is 0 Å². The van der Waals surface area contributed by atoms with Crippen LogP contribution in [0.4, 0.5) is 5.69 Å². The Kier molecular flexibility index (Phi) is 5.32. The van der Waals surface area contributed by atoms with Crippen LogP contribution in [-0.2, 0) is 0 Å². The average Bonchev–Trinajstić information content (AvgIpc) is 2.35. The molecule has 0 saturated heterocycles. The van der Waals surface area contributed by atoms with Crippen molar-refractivity contribution in [2.75, 3.05) is 0 Å². The van der Waals surface area contributed by atoms with E-state index in [0.717, 1.165) is 18.4 Å². The molecule has 1 aromatic rings. The number of nitro groups is 1. The molecule has 18 heavy (non-hydrogen) atoms. The second-order valence-electron chi connectivity index (χ2n) is 5.41. The SMILES string of the molecule is CCC(CC(C)C(C)C)c1cccc([N+](=O)[O-])c1. The lowest BCUT2D eigenvalue weighted by Crippen LogP contribution is -2.10. The highest BCUT2D eigenvalue weighted by atomic mass is 16.6. The molecule has 0 N–H and O–H groups in total. The van der Waals surface area contributed by atoms with Crippen LogP contribution in [0.15, 0.2) is 24.3 Å². The van der Waals surface area contributed by atoms with Crippen molar-refractivity contribution < 1.29 is 4.92 Å². The summed E-state index contributed by atoms with van der Waals surface area (Å²) in [5.74, 6) is 1.70. The van der Waals surface area contributed by atoms with Crippen molar-refractivity contribution in [3.8, 4) is 0 Å². The Morgan fingerprint density at radius 2 is 1.94 bits per heavy atom. The molecule has 1 aromatic carbocycles. The number of rotatable bonds is 6. The summed E-state index contributed by atoms with van der Waals surface area (Å²) in [5.41, 5.74) is 1.29. The molecule has 0 spiro atoms. The third-order valence-electron chi connectivity index (χ3n) is 3.84. The Morgan fingerprint density at radius 3 is 2.44 bits per heavy atom. The van der Waals surface area contributed by atoms with Crippen LogP contribution in [0.25, 0.3) is 0 Å². The zero-order chi connectivity index (χ0) is 13.7. The standard InChI is InChI=1S/C15H23NO2/c1-5-13(9-12(4)11(2)3)14-7-6-8-15(10-14)16(17)18/h6-8,10-13H,5,9H2,1-4H3. The van der Waals surface area contributed by atoms with Gasteiger partial charge >= 0.3 is 0 Å². The number of hydrogen-bond donors (Lipinski definition) is 0. The molecule has 2 unspecified atom stereocenters. The van der Waals surface area contributed by atoms with Gasteiger partial charge in [0.1, 0.15) is 0 Å². The minimum absolute atomic E-state index is 0.197. The molecule has 0 amide bonds. The van der Waals surface area contributed by atoms with Crippen molar-refractivity contribution in [2.45, 2.75) is 46.5 Å². The Balaban J connectivity index is 2.88. The molecular formula is C15H23NO2. The Morgan fingerprint density at radius 1 is 1.28 bits per heavy atom. The monoisotopic (exact) mass is 249 g/mol. The van der Waals surface area contributed by atoms with Gasteiger partial charge in [-0.15, -0.1) is 0 Å². The minimum atomic E-state index is -0.317. The van der Waals surface area contributed by atoms with E-state index in [4.69, 9.17) is 0 Å². The first-order chi connectivity index (χ1) is 8.45. The molecule has 2 atom stereocenters. The van der Waals surface area contributed by atoms with Gasteiger partial charge < -0.3 is 0 Å². The van der Waals surface area contributed by atoms with Crippen molar-refractivity contribution in [1.29, 1.82) is 0 Å². The van der Waals surface area contributed by atoms with Gasteiger partial charge in [-0.2, -0.15) is 0 Å². The summed E-state index contributed by atoms with van der Waals surface area (Å²) in [4.78, 5) is 10.5. The Labute approximate surface area is 109 Å². The summed E-state index contributed by atoms with van der Waals surface area (Å²) in [7, 11) is 0. The van der Waals surface area contributed by atoms with E-state index < -0.39 is 0 Å². The predicted octanol–water partition coefficient (Wildman–Crippen LogP) is 4.77. The number of benzene rings is 1. The number of non-ortho nitro benzene ring substituents is 1. The lowest BCUT2D eigenvalue weighted by Gasteiger charge is -2.22. The molecule has 100 valence electrons. The van der Waals surface area contributed by atoms with E-state index in [9.17, 15) is 10.1 Å². The Hall–Kier alpha value is -1.38. The van der Waals surface area contributed by atoms with Crippen molar-refractivity contribution in [2.24, 2.45) is 11.8 Å². The maximum atomic E-state index is 10.8. The Bertz CT molecular complexity index is 401. The van der Waals surface area contributed by atoms with Gasteiger partial charge in [-0.3, -0.25) is 10.1 Å². The van der Waals surface area contributed by atoms with Gasteiger partial charge in [0.2, 0.25) is 0 Å². The van der Waals surface area contributed by atoms with E-state index in [0.29, 0.717) is 17.8 Å². The maximum absolute atomic E-state index is 10.8. The minimum Gasteiger partial charge on any atom is -0.258 e. The highest BCUT2D eigenvalue weighted by molar-refractivity contribution is 5.36. The first kappa shape index (κ1) is 14.7. The molecule has 3 nitrogen and oxygen atoms in total. The fourth-order valence-corrected chi connectivity index (χ4v) is 2.15. The van der Waals surface area contributed by atoms with Crippen LogP contribution >= 0.6 is 0 Å². The van der Waals surface area contributed by atoms with Crippen LogP contribution in [0.3, 0.4) is 0 Å². The van der Waals surface area contributed by atoms with Gasteiger partial charge in [0.05, 0.1) is 4.92 Å². The summed E-state index contributed by atoms with van der Waals surface area (Å²) < 4.78 is 0. The lowest BCUT2D eigenvalue weighted by molar-refractivity contribution is -0.384. The van der Waals surface area contributed by atoms with Crippen molar-refractivity contribution >= 4 is 5.69 Å². The fourth-order valence-electron chi connectivity index (χ4n) is 2.15. The van der Waals surface area contributed by atoms with Gasteiger partial charge in [0, 0.05) is 12.1 Å². The topological polar surface area (TPSA) is 43.1 Å². The van der Waals surface area contributed by atoms with Gasteiger partial charge in [-0.25, -0.2) is 0 Å². The smallest absolute Gasteiger partial charge is 0.258 e. The molecule has 3 heteroatoms. The van der Waals surface area contributed by atoms with Crippen LogP contribution < -0.4 is 0 Å². The molecule has 0 aliphatic heterocycles. The van der Waals surface area contributed by atoms with E-state index >= 15 is 0 Å². The first-order valence-electron chi connectivity index (χ1n) is 6.70. The normalized spacial score (nSPS) is 14.5. The molecule has 0 aliphatic carbocycles.